The van der Waals surface area contributed by atoms with E-state index in [0.717, 1.165) is 0 Å². The second-order valence-corrected chi connectivity index (χ2v) is 2.83. The van der Waals surface area contributed by atoms with Crippen LogP contribution in [0.2, 0.25) is 0 Å². The van der Waals surface area contributed by atoms with Gasteiger partial charge in [0, 0.05) is 13.1 Å². The Balaban J connectivity index is 0. The monoisotopic (exact) mass is 172 g/mol. The molecule has 0 fully saturated rings. The van der Waals surface area contributed by atoms with Crippen molar-refractivity contribution in [2.24, 2.45) is 0 Å². The minimum absolute atomic E-state index is 1.17. The van der Waals surface area contributed by atoms with Crippen LogP contribution in [0.3, 0.4) is 0 Å². The van der Waals surface area contributed by atoms with Gasteiger partial charge in [-0.2, -0.15) is 0 Å². The van der Waals surface area contributed by atoms with Crippen molar-refractivity contribution in [3.63, 3.8) is 0 Å². The van der Waals surface area contributed by atoms with E-state index in [0.29, 0.717) is 0 Å². The van der Waals surface area contributed by atoms with Gasteiger partial charge in [0.25, 0.3) is 0 Å². The van der Waals surface area contributed by atoms with Crippen LogP contribution in [0, 0.1) is 0 Å². The quantitative estimate of drug-likeness (QED) is 0.582. The molecule has 0 aliphatic carbocycles. The van der Waals surface area contributed by atoms with Gasteiger partial charge in [0.15, 0.2) is 0 Å². The number of hydrogen-bond acceptors (Lipinski definition) is 2. The van der Waals surface area contributed by atoms with Crippen molar-refractivity contribution in [1.29, 1.82) is 0 Å². The highest BCUT2D eigenvalue weighted by molar-refractivity contribution is 4.53. The third-order valence-electron chi connectivity index (χ3n) is 1.76. The Morgan fingerprint density at radius 1 is 0.917 bits per heavy atom. The summed E-state index contributed by atoms with van der Waals surface area (Å²) in [5.74, 6) is 0. The lowest BCUT2D eigenvalue weighted by atomic mass is 10.4. The third-order valence-corrected chi connectivity index (χ3v) is 1.76. The summed E-state index contributed by atoms with van der Waals surface area (Å²) < 4.78 is 0. The number of rotatable bonds is 5. The smallest absolute Gasteiger partial charge is 0.0109 e. The first-order valence-electron chi connectivity index (χ1n) is 4.57. The molecule has 0 radical (unpaired) electrons. The summed E-state index contributed by atoms with van der Waals surface area (Å²) in [6.07, 6.45) is 0. The predicted octanol–water partition coefficient (Wildman–Crippen LogP) is 1.69. The van der Waals surface area contributed by atoms with Crippen molar-refractivity contribution in [3.8, 4) is 0 Å². The van der Waals surface area contributed by atoms with Gasteiger partial charge in [0.2, 0.25) is 0 Å². The Hall–Kier alpha value is -0.340. The number of hydrogen-bond donors (Lipinski definition) is 0. The molecule has 0 bridgehead atoms. The van der Waals surface area contributed by atoms with Gasteiger partial charge < -0.3 is 9.80 Å². The maximum absolute atomic E-state index is 3.00. The standard InChI is InChI=1S/C8H20N2.C2H4/c1-5-10(6-2)8-7-9(3)4;1-2/h5-8H2,1-4H3;1-2H2. The first-order chi connectivity index (χ1) is 5.70. The van der Waals surface area contributed by atoms with E-state index in [4.69, 9.17) is 0 Å². The van der Waals surface area contributed by atoms with Crippen molar-refractivity contribution >= 4 is 0 Å². The molecule has 0 rings (SSSR count). The van der Waals surface area contributed by atoms with E-state index >= 15 is 0 Å². The molecule has 0 aromatic heterocycles. The van der Waals surface area contributed by atoms with Gasteiger partial charge in [-0.25, -0.2) is 0 Å². The van der Waals surface area contributed by atoms with Crippen molar-refractivity contribution in [2.45, 2.75) is 13.8 Å². The zero-order chi connectivity index (χ0) is 9.98. The van der Waals surface area contributed by atoms with Crippen LogP contribution in [0.4, 0.5) is 0 Å². The Bertz CT molecular complexity index is 77.9. The summed E-state index contributed by atoms with van der Waals surface area (Å²) in [6.45, 7) is 15.1. The van der Waals surface area contributed by atoms with Gasteiger partial charge in [-0.05, 0) is 27.2 Å². The molecule has 12 heavy (non-hydrogen) atoms. The van der Waals surface area contributed by atoms with E-state index < -0.39 is 0 Å². The van der Waals surface area contributed by atoms with Gasteiger partial charge in [-0.15, -0.1) is 13.2 Å². The lowest BCUT2D eigenvalue weighted by Gasteiger charge is -2.20. The van der Waals surface area contributed by atoms with Crippen LogP contribution in [0.25, 0.3) is 0 Å². The average molecular weight is 172 g/mol. The zero-order valence-electron chi connectivity index (χ0n) is 9.14. The molecule has 2 nitrogen and oxygen atoms in total. The molecule has 0 atom stereocenters. The molecule has 0 saturated heterocycles. The fourth-order valence-corrected chi connectivity index (χ4v) is 0.881. The van der Waals surface area contributed by atoms with Crippen LogP contribution in [0.5, 0.6) is 0 Å². The molecule has 0 N–H and O–H groups in total. The largest absolute Gasteiger partial charge is 0.308 e. The van der Waals surface area contributed by atoms with Gasteiger partial charge in [0.05, 0.1) is 0 Å². The SMILES string of the molecule is C=C.CCN(CC)CCN(C)C. The maximum Gasteiger partial charge on any atom is 0.0109 e. The van der Waals surface area contributed by atoms with E-state index in [-0.39, 0.29) is 0 Å². The summed E-state index contributed by atoms with van der Waals surface area (Å²) in [7, 11) is 4.23. The number of likely N-dealkylation sites (N-methyl/N-ethyl adjacent to an activating group) is 2. The normalized spacial score (nSPS) is 9.83. The molecule has 0 saturated carbocycles. The molecular weight excluding hydrogens is 148 g/mol. The van der Waals surface area contributed by atoms with Crippen molar-refractivity contribution < 1.29 is 0 Å². The summed E-state index contributed by atoms with van der Waals surface area (Å²) in [5.41, 5.74) is 0. The van der Waals surface area contributed by atoms with Crippen LogP contribution in [-0.4, -0.2) is 50.1 Å². The average Bonchev–Trinajstić information content (AvgIpc) is 2.09. The first-order valence-corrected chi connectivity index (χ1v) is 4.57. The van der Waals surface area contributed by atoms with Gasteiger partial charge >= 0.3 is 0 Å². The van der Waals surface area contributed by atoms with Gasteiger partial charge in [-0.3, -0.25) is 0 Å². The highest BCUT2D eigenvalue weighted by Crippen LogP contribution is 1.86. The van der Waals surface area contributed by atoms with E-state index in [1.165, 1.54) is 26.2 Å². The molecule has 0 aliphatic rings. The van der Waals surface area contributed by atoms with Crippen LogP contribution in [0.1, 0.15) is 13.8 Å². The summed E-state index contributed by atoms with van der Waals surface area (Å²) >= 11 is 0. The lowest BCUT2D eigenvalue weighted by molar-refractivity contribution is 0.261. The molecule has 0 aliphatic heterocycles. The third kappa shape index (κ3) is 9.66. The first kappa shape index (κ1) is 14.2. The molecule has 0 amide bonds. The highest BCUT2D eigenvalue weighted by Gasteiger charge is 1.97. The molecule has 0 spiro atoms. The zero-order valence-corrected chi connectivity index (χ0v) is 9.14. The second-order valence-electron chi connectivity index (χ2n) is 2.83. The minimum atomic E-state index is 1.17. The molecule has 2 heteroatoms. The maximum atomic E-state index is 3.00. The minimum Gasteiger partial charge on any atom is -0.308 e. The molecule has 0 heterocycles. The predicted molar refractivity (Wildman–Crippen MR) is 57.6 cm³/mol. The Morgan fingerprint density at radius 2 is 1.33 bits per heavy atom. The Labute approximate surface area is 77.9 Å². The van der Waals surface area contributed by atoms with E-state index in [1.54, 1.807) is 0 Å². The fourth-order valence-electron chi connectivity index (χ4n) is 0.881. The summed E-state index contributed by atoms with van der Waals surface area (Å²) in [5, 5.41) is 0. The summed E-state index contributed by atoms with van der Waals surface area (Å²) in [6, 6.07) is 0. The molecule has 0 unspecified atom stereocenters. The van der Waals surface area contributed by atoms with Crippen LogP contribution in [0.15, 0.2) is 13.2 Å². The molecular formula is C10H24N2. The van der Waals surface area contributed by atoms with E-state index in [2.05, 4.69) is 50.9 Å². The van der Waals surface area contributed by atoms with Crippen LogP contribution < -0.4 is 0 Å². The fraction of sp³-hybridized carbons (Fsp3) is 0.800. The van der Waals surface area contributed by atoms with Crippen molar-refractivity contribution in [2.75, 3.05) is 40.3 Å². The van der Waals surface area contributed by atoms with E-state index in [1.807, 2.05) is 0 Å². The molecule has 74 valence electrons. The van der Waals surface area contributed by atoms with Crippen LogP contribution >= 0.6 is 0 Å². The molecule has 0 aromatic rings. The van der Waals surface area contributed by atoms with Crippen molar-refractivity contribution in [3.05, 3.63) is 13.2 Å². The molecule has 0 aromatic carbocycles. The van der Waals surface area contributed by atoms with Crippen LogP contribution in [-0.2, 0) is 0 Å². The summed E-state index contributed by atoms with van der Waals surface area (Å²) in [4.78, 5) is 4.65. The highest BCUT2D eigenvalue weighted by atomic mass is 15.2. The van der Waals surface area contributed by atoms with Gasteiger partial charge in [-0.1, -0.05) is 13.8 Å². The number of nitrogens with zero attached hydrogens (tertiary/aromatic N) is 2. The lowest BCUT2D eigenvalue weighted by Crippen LogP contribution is -2.31. The Morgan fingerprint density at radius 3 is 1.58 bits per heavy atom. The van der Waals surface area contributed by atoms with Gasteiger partial charge in [0.1, 0.15) is 0 Å². The van der Waals surface area contributed by atoms with Crippen molar-refractivity contribution in [1.82, 2.24) is 9.80 Å². The van der Waals surface area contributed by atoms with E-state index in [9.17, 15) is 0 Å². The second kappa shape index (κ2) is 10.7. The topological polar surface area (TPSA) is 6.48 Å². The Kier molecular flexibility index (Phi) is 12.6.